The Balaban J connectivity index is 2.19. The lowest BCUT2D eigenvalue weighted by Crippen LogP contribution is -2.30. The molecule has 0 aliphatic heterocycles. The van der Waals surface area contributed by atoms with Crippen molar-refractivity contribution < 1.29 is 19.1 Å². The number of esters is 2. The van der Waals surface area contributed by atoms with E-state index >= 15 is 0 Å². The van der Waals surface area contributed by atoms with Crippen LogP contribution in [0.3, 0.4) is 0 Å². The lowest BCUT2D eigenvalue weighted by Gasteiger charge is -2.22. The maximum Gasteiger partial charge on any atom is 0.325 e. The van der Waals surface area contributed by atoms with Gasteiger partial charge in [0.15, 0.2) is 5.92 Å². The van der Waals surface area contributed by atoms with Crippen molar-refractivity contribution in [1.82, 2.24) is 9.97 Å². The van der Waals surface area contributed by atoms with E-state index in [4.69, 9.17) is 9.47 Å². The van der Waals surface area contributed by atoms with Crippen LogP contribution in [0.2, 0.25) is 0 Å². The van der Waals surface area contributed by atoms with Gasteiger partial charge in [-0.15, -0.1) is 0 Å². The maximum absolute atomic E-state index is 13.0. The van der Waals surface area contributed by atoms with Crippen LogP contribution >= 0.6 is 0 Å². The molecule has 3 aromatic rings. The third kappa shape index (κ3) is 4.92. The number of rotatable bonds is 7. The molecule has 3 rings (SSSR count). The van der Waals surface area contributed by atoms with Crippen molar-refractivity contribution in [2.45, 2.75) is 45.8 Å². The number of carbonyl (C=O) groups excluding carboxylic acids is 2. The van der Waals surface area contributed by atoms with Gasteiger partial charge in [-0.3, -0.25) is 9.59 Å². The van der Waals surface area contributed by atoms with Crippen LogP contribution in [-0.2, 0) is 19.1 Å². The van der Waals surface area contributed by atoms with Gasteiger partial charge in [0.05, 0.1) is 12.2 Å². The monoisotopic (exact) mass is 407 g/mol. The Hall–Kier alpha value is -3.48. The molecule has 156 valence electrons. The molecule has 0 saturated carbocycles. The molecule has 0 atom stereocenters. The lowest BCUT2D eigenvalue weighted by atomic mass is 9.91. The Morgan fingerprint density at radius 3 is 2.03 bits per heavy atom. The number of aromatic nitrogens is 2. The molecule has 0 bridgehead atoms. The quantitative estimate of drug-likeness (QED) is 0.460. The zero-order valence-corrected chi connectivity index (χ0v) is 17.5. The Labute approximate surface area is 175 Å². The van der Waals surface area contributed by atoms with Crippen LogP contribution in [-0.4, -0.2) is 34.1 Å². The van der Waals surface area contributed by atoms with Crippen LogP contribution in [0.5, 0.6) is 0 Å². The molecule has 0 aliphatic rings. The van der Waals surface area contributed by atoms with Crippen molar-refractivity contribution >= 4 is 34.3 Å². The summed E-state index contributed by atoms with van der Waals surface area (Å²) in [7, 11) is 0. The highest BCUT2D eigenvalue weighted by Gasteiger charge is 2.36. The van der Waals surface area contributed by atoms with Crippen molar-refractivity contribution in [3.05, 3.63) is 60.4 Å². The van der Waals surface area contributed by atoms with Crippen molar-refractivity contribution in [1.29, 1.82) is 0 Å². The summed E-state index contributed by atoms with van der Waals surface area (Å²) in [6.45, 7) is 6.96. The van der Waals surface area contributed by atoms with E-state index in [9.17, 15) is 9.59 Å². The first-order valence-electron chi connectivity index (χ1n) is 9.83. The minimum atomic E-state index is -1.26. The molecule has 0 amide bonds. The summed E-state index contributed by atoms with van der Waals surface area (Å²) < 4.78 is 10.8. The van der Waals surface area contributed by atoms with Gasteiger partial charge in [-0.25, -0.2) is 9.97 Å². The van der Waals surface area contributed by atoms with E-state index in [1.165, 1.54) is 0 Å². The van der Waals surface area contributed by atoms with Gasteiger partial charge in [0.2, 0.25) is 5.95 Å². The summed E-state index contributed by atoms with van der Waals surface area (Å²) in [5, 5.41) is 4.75. The normalized spacial score (nSPS) is 11.2. The maximum atomic E-state index is 13.0. The second-order valence-corrected chi connectivity index (χ2v) is 7.35. The number of nitrogens with one attached hydrogen (secondary N) is 1. The first kappa shape index (κ1) is 21.2. The van der Waals surface area contributed by atoms with Crippen molar-refractivity contribution in [2.24, 2.45) is 0 Å². The largest absolute Gasteiger partial charge is 0.462 e. The molecule has 1 aromatic heterocycles. The van der Waals surface area contributed by atoms with E-state index in [1.54, 1.807) is 52.2 Å². The Bertz CT molecular complexity index is 1010. The predicted octanol–water partition coefficient (Wildman–Crippen LogP) is 4.36. The molecular weight excluding hydrogens is 382 g/mol. The van der Waals surface area contributed by atoms with E-state index in [-0.39, 0.29) is 12.2 Å². The first-order valence-corrected chi connectivity index (χ1v) is 9.83. The molecule has 0 fully saturated rings. The van der Waals surface area contributed by atoms with E-state index in [1.807, 2.05) is 30.3 Å². The number of ether oxygens (including phenoxy) is 2. The zero-order chi connectivity index (χ0) is 21.7. The van der Waals surface area contributed by atoms with Gasteiger partial charge in [0.1, 0.15) is 0 Å². The van der Waals surface area contributed by atoms with Crippen molar-refractivity contribution in [3.8, 4) is 0 Å². The van der Waals surface area contributed by atoms with Crippen molar-refractivity contribution in [2.75, 3.05) is 5.32 Å². The highest BCUT2D eigenvalue weighted by Crippen LogP contribution is 2.36. The fourth-order valence-electron chi connectivity index (χ4n) is 3.13. The number of fused-ring (bicyclic) bond motifs is 1. The number of anilines is 2. The molecule has 0 unspecified atom stereocenters. The fraction of sp³-hybridized carbons (Fsp3) is 0.304. The summed E-state index contributed by atoms with van der Waals surface area (Å²) in [6.07, 6.45) is 2.45. The lowest BCUT2D eigenvalue weighted by molar-refractivity contribution is -0.161. The Morgan fingerprint density at radius 1 is 0.833 bits per heavy atom. The van der Waals surface area contributed by atoms with Crippen LogP contribution in [0.25, 0.3) is 10.8 Å². The van der Waals surface area contributed by atoms with Gasteiger partial charge in [-0.05, 0) is 50.6 Å². The molecule has 2 aromatic carbocycles. The smallest absolute Gasteiger partial charge is 0.325 e. The average molecular weight is 407 g/mol. The van der Waals surface area contributed by atoms with Crippen LogP contribution in [0, 0.1) is 0 Å². The number of benzene rings is 2. The van der Waals surface area contributed by atoms with Gasteiger partial charge >= 0.3 is 11.9 Å². The number of carbonyl (C=O) groups is 2. The van der Waals surface area contributed by atoms with Gasteiger partial charge in [-0.1, -0.05) is 30.3 Å². The minimum Gasteiger partial charge on any atom is -0.462 e. The molecule has 1 heterocycles. The molecule has 0 saturated heterocycles. The van der Waals surface area contributed by atoms with Crippen molar-refractivity contribution in [3.63, 3.8) is 0 Å². The van der Waals surface area contributed by atoms with Gasteiger partial charge in [-0.2, -0.15) is 0 Å². The van der Waals surface area contributed by atoms with E-state index in [0.717, 1.165) is 10.8 Å². The van der Waals surface area contributed by atoms with E-state index < -0.39 is 17.9 Å². The summed E-state index contributed by atoms with van der Waals surface area (Å²) in [5.41, 5.74) is 1.00. The van der Waals surface area contributed by atoms with Crippen LogP contribution in [0.15, 0.2) is 54.9 Å². The molecule has 0 radical (unpaired) electrons. The summed E-state index contributed by atoms with van der Waals surface area (Å²) in [4.78, 5) is 34.5. The average Bonchev–Trinajstić information content (AvgIpc) is 2.69. The Kier molecular flexibility index (Phi) is 6.61. The highest BCUT2D eigenvalue weighted by atomic mass is 16.6. The standard InChI is InChI=1S/C23H25N3O4/c1-14(2)29-21(27)20(22(28)30-15(3)4)19-17-9-6-5-8-16(17)10-11-18(19)26-23-24-12-7-13-25-23/h5-15,20H,1-4H3,(H,24,25,26). The second kappa shape index (κ2) is 9.35. The zero-order valence-electron chi connectivity index (χ0n) is 17.5. The third-order valence-electron chi connectivity index (χ3n) is 4.25. The molecule has 0 spiro atoms. The molecule has 0 aliphatic carbocycles. The predicted molar refractivity (Wildman–Crippen MR) is 114 cm³/mol. The van der Waals surface area contributed by atoms with E-state index in [2.05, 4.69) is 15.3 Å². The van der Waals surface area contributed by atoms with Crippen LogP contribution in [0.4, 0.5) is 11.6 Å². The summed E-state index contributed by atoms with van der Waals surface area (Å²) in [6, 6.07) is 12.9. The van der Waals surface area contributed by atoms with Crippen LogP contribution < -0.4 is 5.32 Å². The molecule has 30 heavy (non-hydrogen) atoms. The number of nitrogens with zero attached hydrogens (tertiary/aromatic N) is 2. The minimum absolute atomic E-state index is 0.349. The fourth-order valence-corrected chi connectivity index (χ4v) is 3.13. The SMILES string of the molecule is CC(C)OC(=O)C(C(=O)OC(C)C)c1c(Nc2ncccn2)ccc2ccccc12. The molecule has 7 heteroatoms. The highest BCUT2D eigenvalue weighted by molar-refractivity contribution is 6.07. The number of hydrogen-bond donors (Lipinski definition) is 1. The van der Waals surface area contributed by atoms with Crippen LogP contribution in [0.1, 0.15) is 39.2 Å². The van der Waals surface area contributed by atoms with E-state index in [0.29, 0.717) is 17.2 Å². The Morgan fingerprint density at radius 2 is 1.43 bits per heavy atom. The summed E-state index contributed by atoms with van der Waals surface area (Å²) >= 11 is 0. The first-order chi connectivity index (χ1) is 14.4. The van der Waals surface area contributed by atoms with Gasteiger partial charge in [0.25, 0.3) is 0 Å². The number of hydrogen-bond acceptors (Lipinski definition) is 7. The third-order valence-corrected chi connectivity index (χ3v) is 4.25. The topological polar surface area (TPSA) is 90.4 Å². The summed E-state index contributed by atoms with van der Waals surface area (Å²) in [5.74, 6) is -2.23. The second-order valence-electron chi connectivity index (χ2n) is 7.35. The molecular formula is C23H25N3O4. The molecule has 1 N–H and O–H groups in total. The molecule has 7 nitrogen and oxygen atoms in total. The van der Waals surface area contributed by atoms with Gasteiger partial charge < -0.3 is 14.8 Å². The van der Waals surface area contributed by atoms with Gasteiger partial charge in [0, 0.05) is 23.6 Å².